The first kappa shape index (κ1) is 10.1. The summed E-state index contributed by atoms with van der Waals surface area (Å²) in [5.74, 6) is -0.396. The second-order valence-electron chi connectivity index (χ2n) is 3.17. The van der Waals surface area contributed by atoms with Crippen LogP contribution in [0.1, 0.15) is 12.5 Å². The Morgan fingerprint density at radius 1 is 1.47 bits per heavy atom. The van der Waals surface area contributed by atoms with Gasteiger partial charge in [0.15, 0.2) is 0 Å². The Morgan fingerprint density at radius 3 is 2.87 bits per heavy atom. The Hall–Kier alpha value is -1.42. The molecular formula is C11H8BrNO2. The molecule has 0 bridgehead atoms. The zero-order valence-electron chi connectivity index (χ0n) is 8.03. The molecule has 4 heteroatoms. The SMILES string of the molecule is CC1=NOC(=O)/C1=C\c1cccc(Br)c1. The summed E-state index contributed by atoms with van der Waals surface area (Å²) in [6.07, 6.45) is 1.76. The summed E-state index contributed by atoms with van der Waals surface area (Å²) in [6, 6.07) is 7.67. The maximum absolute atomic E-state index is 11.3. The van der Waals surface area contributed by atoms with Crippen molar-refractivity contribution < 1.29 is 9.63 Å². The van der Waals surface area contributed by atoms with Gasteiger partial charge in [0.1, 0.15) is 0 Å². The number of carbonyl (C=O) groups is 1. The molecule has 1 aliphatic rings. The summed E-state index contributed by atoms with van der Waals surface area (Å²) in [4.78, 5) is 15.8. The lowest BCUT2D eigenvalue weighted by Gasteiger charge is -1.96. The molecule has 15 heavy (non-hydrogen) atoms. The van der Waals surface area contributed by atoms with E-state index < -0.39 is 5.97 Å². The molecule has 0 amide bonds. The fourth-order valence-corrected chi connectivity index (χ4v) is 1.70. The number of halogens is 1. The van der Waals surface area contributed by atoms with Crippen LogP contribution < -0.4 is 0 Å². The molecule has 1 aromatic rings. The minimum absolute atomic E-state index is 0.396. The van der Waals surface area contributed by atoms with Gasteiger partial charge in [-0.2, -0.15) is 0 Å². The van der Waals surface area contributed by atoms with E-state index in [1.54, 1.807) is 13.0 Å². The van der Waals surface area contributed by atoms with Gasteiger partial charge >= 0.3 is 5.97 Å². The highest BCUT2D eigenvalue weighted by atomic mass is 79.9. The van der Waals surface area contributed by atoms with Crippen molar-refractivity contribution in [3.05, 3.63) is 39.9 Å². The standard InChI is InChI=1S/C11H8BrNO2/c1-7-10(11(14)15-13-7)6-8-3-2-4-9(12)5-8/h2-6H,1H3/b10-6-. The van der Waals surface area contributed by atoms with Crippen molar-refractivity contribution in [1.29, 1.82) is 0 Å². The average Bonchev–Trinajstić information content (AvgIpc) is 2.50. The second kappa shape index (κ2) is 3.98. The molecule has 0 fully saturated rings. The van der Waals surface area contributed by atoms with Crippen LogP contribution in [0.5, 0.6) is 0 Å². The molecule has 1 aromatic carbocycles. The molecule has 3 nitrogen and oxygen atoms in total. The van der Waals surface area contributed by atoms with E-state index in [1.165, 1.54) is 0 Å². The van der Waals surface area contributed by atoms with Gasteiger partial charge in [-0.05, 0) is 30.7 Å². The van der Waals surface area contributed by atoms with Gasteiger partial charge in [-0.25, -0.2) is 4.79 Å². The van der Waals surface area contributed by atoms with Gasteiger partial charge < -0.3 is 4.84 Å². The second-order valence-corrected chi connectivity index (χ2v) is 4.08. The molecule has 0 saturated heterocycles. The van der Waals surface area contributed by atoms with E-state index >= 15 is 0 Å². The number of hydrogen-bond acceptors (Lipinski definition) is 3. The molecule has 0 spiro atoms. The van der Waals surface area contributed by atoms with Gasteiger partial charge in [0, 0.05) is 4.47 Å². The van der Waals surface area contributed by atoms with Crippen LogP contribution in [-0.2, 0) is 9.63 Å². The molecular weight excluding hydrogens is 258 g/mol. The average molecular weight is 266 g/mol. The summed E-state index contributed by atoms with van der Waals surface area (Å²) < 4.78 is 0.970. The Kier molecular flexibility index (Phi) is 2.68. The number of hydrogen-bond donors (Lipinski definition) is 0. The van der Waals surface area contributed by atoms with Gasteiger partial charge in [-0.3, -0.25) is 0 Å². The van der Waals surface area contributed by atoms with Gasteiger partial charge in [0.2, 0.25) is 0 Å². The van der Waals surface area contributed by atoms with Crippen molar-refractivity contribution in [3.63, 3.8) is 0 Å². The molecule has 1 aliphatic heterocycles. The van der Waals surface area contributed by atoms with E-state index in [1.807, 2.05) is 24.3 Å². The van der Waals surface area contributed by atoms with Crippen LogP contribution in [-0.4, -0.2) is 11.7 Å². The third-order valence-electron chi connectivity index (χ3n) is 2.03. The first-order valence-corrected chi connectivity index (χ1v) is 5.20. The highest BCUT2D eigenvalue weighted by molar-refractivity contribution is 9.10. The maximum atomic E-state index is 11.3. The third-order valence-corrected chi connectivity index (χ3v) is 2.53. The highest BCUT2D eigenvalue weighted by Gasteiger charge is 2.21. The van der Waals surface area contributed by atoms with Crippen LogP contribution in [0.2, 0.25) is 0 Å². The van der Waals surface area contributed by atoms with Crippen LogP contribution in [0.15, 0.2) is 39.5 Å². The summed E-state index contributed by atoms with van der Waals surface area (Å²) in [7, 11) is 0. The van der Waals surface area contributed by atoms with E-state index in [2.05, 4.69) is 25.9 Å². The fraction of sp³-hybridized carbons (Fsp3) is 0.0909. The summed E-state index contributed by atoms with van der Waals surface area (Å²) in [5, 5.41) is 3.60. The van der Waals surface area contributed by atoms with Crippen molar-refractivity contribution in [2.75, 3.05) is 0 Å². The van der Waals surface area contributed by atoms with Gasteiger partial charge in [0.25, 0.3) is 0 Å². The number of nitrogens with zero attached hydrogens (tertiary/aromatic N) is 1. The van der Waals surface area contributed by atoms with Crippen molar-refractivity contribution >= 4 is 33.7 Å². The topological polar surface area (TPSA) is 38.7 Å². The van der Waals surface area contributed by atoms with Crippen LogP contribution in [0.25, 0.3) is 6.08 Å². The van der Waals surface area contributed by atoms with Crippen LogP contribution >= 0.6 is 15.9 Å². The zero-order valence-corrected chi connectivity index (χ0v) is 9.61. The molecule has 0 saturated carbocycles. The largest absolute Gasteiger partial charge is 0.367 e. The third kappa shape index (κ3) is 2.15. The van der Waals surface area contributed by atoms with Crippen molar-refractivity contribution in [3.8, 4) is 0 Å². The molecule has 76 valence electrons. The Bertz CT molecular complexity index is 477. The minimum Gasteiger partial charge on any atom is -0.312 e. The first-order chi connectivity index (χ1) is 7.16. The summed E-state index contributed by atoms with van der Waals surface area (Å²) >= 11 is 3.37. The lowest BCUT2D eigenvalue weighted by Crippen LogP contribution is -2.01. The smallest absolute Gasteiger partial charge is 0.312 e. The highest BCUT2D eigenvalue weighted by Crippen LogP contribution is 2.18. The van der Waals surface area contributed by atoms with Crippen LogP contribution in [0.3, 0.4) is 0 Å². The first-order valence-electron chi connectivity index (χ1n) is 4.40. The lowest BCUT2D eigenvalue weighted by atomic mass is 10.1. The molecule has 0 unspecified atom stereocenters. The van der Waals surface area contributed by atoms with Gasteiger partial charge in [0.05, 0.1) is 11.3 Å². The van der Waals surface area contributed by atoms with Crippen molar-refractivity contribution in [1.82, 2.24) is 0 Å². The molecule has 0 aliphatic carbocycles. The van der Waals surface area contributed by atoms with E-state index in [9.17, 15) is 4.79 Å². The molecule has 0 aromatic heterocycles. The minimum atomic E-state index is -0.396. The Labute approximate surface area is 95.6 Å². The number of benzene rings is 1. The molecule has 0 N–H and O–H groups in total. The van der Waals surface area contributed by atoms with Crippen LogP contribution in [0.4, 0.5) is 0 Å². The van der Waals surface area contributed by atoms with E-state index in [0.29, 0.717) is 11.3 Å². The monoisotopic (exact) mass is 265 g/mol. The predicted molar refractivity (Wildman–Crippen MR) is 61.3 cm³/mol. The fourth-order valence-electron chi connectivity index (χ4n) is 1.28. The normalized spacial score (nSPS) is 17.9. The maximum Gasteiger partial charge on any atom is 0.367 e. The van der Waals surface area contributed by atoms with Crippen molar-refractivity contribution in [2.45, 2.75) is 6.92 Å². The van der Waals surface area contributed by atoms with E-state index in [0.717, 1.165) is 10.0 Å². The molecule has 0 radical (unpaired) electrons. The number of oxime groups is 1. The van der Waals surface area contributed by atoms with Crippen molar-refractivity contribution in [2.24, 2.45) is 5.16 Å². The van der Waals surface area contributed by atoms with E-state index in [4.69, 9.17) is 0 Å². The van der Waals surface area contributed by atoms with Crippen LogP contribution in [0, 0.1) is 0 Å². The quantitative estimate of drug-likeness (QED) is 0.579. The Balaban J connectivity index is 2.38. The summed E-state index contributed by atoms with van der Waals surface area (Å²) in [5.41, 5.74) is 2.06. The predicted octanol–water partition coefficient (Wildman–Crippen LogP) is 2.77. The van der Waals surface area contributed by atoms with Gasteiger partial charge in [-0.15, -0.1) is 0 Å². The van der Waals surface area contributed by atoms with E-state index in [-0.39, 0.29) is 0 Å². The molecule has 2 rings (SSSR count). The van der Waals surface area contributed by atoms with Gasteiger partial charge in [-0.1, -0.05) is 33.2 Å². The lowest BCUT2D eigenvalue weighted by molar-refractivity contribution is -0.136. The number of rotatable bonds is 1. The molecule has 0 atom stereocenters. The number of carbonyl (C=O) groups excluding carboxylic acids is 1. The molecule has 1 heterocycles. The zero-order chi connectivity index (χ0) is 10.8. The summed E-state index contributed by atoms with van der Waals surface area (Å²) in [6.45, 7) is 1.74. The Morgan fingerprint density at radius 2 is 2.27 bits per heavy atom.